The maximum Gasteiger partial charge on any atom is 0.305 e. The van der Waals surface area contributed by atoms with Crippen LogP contribution in [0.15, 0.2) is 30.3 Å². The highest BCUT2D eigenvalue weighted by molar-refractivity contribution is 5.69. The Hall–Kier alpha value is -1.31. The molecule has 0 N–H and O–H groups in total. The molecule has 1 aromatic rings. The number of carbonyl (C=O) groups excluding carboxylic acids is 1. The molecule has 1 fully saturated rings. The molecule has 22 heavy (non-hydrogen) atoms. The van der Waals surface area contributed by atoms with Crippen LogP contribution < -0.4 is 0 Å². The van der Waals surface area contributed by atoms with Gasteiger partial charge in [-0.25, -0.2) is 0 Å². The molecule has 0 aliphatic heterocycles. The van der Waals surface area contributed by atoms with Crippen LogP contribution in [0.3, 0.4) is 0 Å². The van der Waals surface area contributed by atoms with Gasteiger partial charge in [0.15, 0.2) is 0 Å². The van der Waals surface area contributed by atoms with E-state index in [1.807, 2.05) is 18.2 Å². The predicted octanol–water partition coefficient (Wildman–Crippen LogP) is 5.30. The molecule has 0 unspecified atom stereocenters. The normalized spacial score (nSPS) is 15.6. The Morgan fingerprint density at radius 1 is 1.00 bits per heavy atom. The Kier molecular flexibility index (Phi) is 8.08. The second kappa shape index (κ2) is 10.4. The van der Waals surface area contributed by atoms with Crippen molar-refractivity contribution in [2.75, 3.05) is 6.61 Å². The summed E-state index contributed by atoms with van der Waals surface area (Å²) in [5.41, 5.74) is 1.22. The van der Waals surface area contributed by atoms with Gasteiger partial charge in [0.05, 0.1) is 6.61 Å². The Morgan fingerprint density at radius 2 is 1.77 bits per heavy atom. The predicted molar refractivity (Wildman–Crippen MR) is 90.8 cm³/mol. The van der Waals surface area contributed by atoms with E-state index in [0.717, 1.165) is 18.8 Å². The van der Waals surface area contributed by atoms with Crippen molar-refractivity contribution in [3.05, 3.63) is 35.9 Å². The lowest BCUT2D eigenvalue weighted by Crippen LogP contribution is -2.08. The highest BCUT2D eigenvalue weighted by Gasteiger charge is 2.12. The van der Waals surface area contributed by atoms with Gasteiger partial charge >= 0.3 is 5.97 Å². The van der Waals surface area contributed by atoms with E-state index >= 15 is 0 Å². The number of benzene rings is 1. The Labute approximate surface area is 135 Å². The van der Waals surface area contributed by atoms with Gasteiger partial charge in [0.1, 0.15) is 0 Å². The highest BCUT2D eigenvalue weighted by atomic mass is 16.5. The van der Waals surface area contributed by atoms with Crippen molar-refractivity contribution in [2.24, 2.45) is 5.92 Å². The molecule has 0 bridgehead atoms. The molecule has 0 amide bonds. The van der Waals surface area contributed by atoms with Gasteiger partial charge in [-0.2, -0.15) is 0 Å². The number of hydrogen-bond donors (Lipinski definition) is 0. The van der Waals surface area contributed by atoms with Crippen molar-refractivity contribution in [2.45, 2.75) is 70.6 Å². The average molecular weight is 302 g/mol. The first kappa shape index (κ1) is 17.1. The molecular formula is C20H30O2. The first-order chi connectivity index (χ1) is 10.8. The van der Waals surface area contributed by atoms with E-state index < -0.39 is 0 Å². The van der Waals surface area contributed by atoms with Gasteiger partial charge in [-0.1, -0.05) is 81.7 Å². The van der Waals surface area contributed by atoms with Crippen LogP contribution in [0.2, 0.25) is 0 Å². The quantitative estimate of drug-likeness (QED) is 0.457. The Balaban J connectivity index is 1.44. The number of carbonyl (C=O) groups is 1. The molecule has 0 saturated heterocycles. The minimum Gasteiger partial charge on any atom is -0.465 e. The molecule has 0 atom stereocenters. The Morgan fingerprint density at radius 3 is 2.55 bits per heavy atom. The van der Waals surface area contributed by atoms with Crippen LogP contribution in [0.5, 0.6) is 0 Å². The largest absolute Gasteiger partial charge is 0.465 e. The molecule has 2 heteroatoms. The number of esters is 1. The van der Waals surface area contributed by atoms with Crippen molar-refractivity contribution >= 4 is 5.97 Å². The maximum absolute atomic E-state index is 11.7. The lowest BCUT2D eigenvalue weighted by atomic mass is 9.85. The van der Waals surface area contributed by atoms with Gasteiger partial charge in [-0.05, 0) is 17.9 Å². The van der Waals surface area contributed by atoms with E-state index in [1.54, 1.807) is 0 Å². The van der Waals surface area contributed by atoms with Gasteiger partial charge in [0.25, 0.3) is 0 Å². The molecule has 1 aliphatic carbocycles. The summed E-state index contributed by atoms with van der Waals surface area (Å²) in [5.74, 6) is 0.931. The van der Waals surface area contributed by atoms with E-state index in [-0.39, 0.29) is 5.97 Å². The first-order valence-corrected chi connectivity index (χ1v) is 9.04. The fourth-order valence-corrected chi connectivity index (χ4v) is 3.35. The maximum atomic E-state index is 11.7. The smallest absolute Gasteiger partial charge is 0.305 e. The molecule has 0 spiro atoms. The zero-order valence-corrected chi connectivity index (χ0v) is 13.8. The van der Waals surface area contributed by atoms with Crippen LogP contribution in [0.25, 0.3) is 0 Å². The lowest BCUT2D eigenvalue weighted by Gasteiger charge is -2.21. The second-order valence-corrected chi connectivity index (χ2v) is 6.56. The molecule has 0 heterocycles. The van der Waals surface area contributed by atoms with Crippen LogP contribution >= 0.6 is 0 Å². The molecule has 122 valence electrons. The molecule has 1 aromatic carbocycles. The minimum absolute atomic E-state index is 0.0337. The van der Waals surface area contributed by atoms with E-state index in [1.165, 1.54) is 56.9 Å². The zero-order valence-electron chi connectivity index (χ0n) is 13.8. The third kappa shape index (κ3) is 7.11. The van der Waals surface area contributed by atoms with E-state index in [2.05, 4.69) is 12.1 Å². The molecule has 2 nitrogen and oxygen atoms in total. The van der Waals surface area contributed by atoms with Crippen molar-refractivity contribution in [3.63, 3.8) is 0 Å². The van der Waals surface area contributed by atoms with Crippen LogP contribution in [0, 0.1) is 5.92 Å². The van der Waals surface area contributed by atoms with Crippen molar-refractivity contribution in [1.82, 2.24) is 0 Å². The van der Waals surface area contributed by atoms with Gasteiger partial charge < -0.3 is 4.74 Å². The highest BCUT2D eigenvalue weighted by Crippen LogP contribution is 2.27. The van der Waals surface area contributed by atoms with E-state index in [9.17, 15) is 4.79 Å². The summed E-state index contributed by atoms with van der Waals surface area (Å²) in [5, 5.41) is 0. The topological polar surface area (TPSA) is 26.3 Å². The van der Waals surface area contributed by atoms with Gasteiger partial charge in [0, 0.05) is 12.8 Å². The Bertz CT molecular complexity index is 407. The SMILES string of the molecule is O=C(CCCCCC1CCCCC1)OCCc1ccccc1. The van der Waals surface area contributed by atoms with Crippen LogP contribution in [-0.2, 0) is 16.0 Å². The minimum atomic E-state index is -0.0337. The summed E-state index contributed by atoms with van der Waals surface area (Å²) in [4.78, 5) is 11.7. The fourth-order valence-electron chi connectivity index (χ4n) is 3.35. The summed E-state index contributed by atoms with van der Waals surface area (Å²) in [6, 6.07) is 10.2. The summed E-state index contributed by atoms with van der Waals surface area (Å²) in [6.45, 7) is 0.505. The molecule has 0 radical (unpaired) electrons. The fraction of sp³-hybridized carbons (Fsp3) is 0.650. The third-order valence-electron chi connectivity index (χ3n) is 4.71. The summed E-state index contributed by atoms with van der Waals surface area (Å²) >= 11 is 0. The van der Waals surface area contributed by atoms with Gasteiger partial charge in [-0.3, -0.25) is 4.79 Å². The van der Waals surface area contributed by atoms with Crippen LogP contribution in [0.4, 0.5) is 0 Å². The number of unbranched alkanes of at least 4 members (excludes halogenated alkanes) is 2. The van der Waals surface area contributed by atoms with Crippen molar-refractivity contribution in [3.8, 4) is 0 Å². The molecule has 0 aromatic heterocycles. The second-order valence-electron chi connectivity index (χ2n) is 6.56. The first-order valence-electron chi connectivity index (χ1n) is 9.04. The monoisotopic (exact) mass is 302 g/mol. The summed E-state index contributed by atoms with van der Waals surface area (Å²) in [6.07, 6.45) is 13.4. The number of ether oxygens (including phenoxy) is 1. The average Bonchev–Trinajstić information content (AvgIpc) is 2.56. The molecule has 2 rings (SSSR count). The zero-order chi connectivity index (χ0) is 15.5. The molecule has 1 saturated carbocycles. The summed E-state index contributed by atoms with van der Waals surface area (Å²) in [7, 11) is 0. The van der Waals surface area contributed by atoms with Gasteiger partial charge in [0.2, 0.25) is 0 Å². The van der Waals surface area contributed by atoms with E-state index in [4.69, 9.17) is 4.74 Å². The van der Waals surface area contributed by atoms with Crippen LogP contribution in [-0.4, -0.2) is 12.6 Å². The summed E-state index contributed by atoms with van der Waals surface area (Å²) < 4.78 is 5.30. The van der Waals surface area contributed by atoms with Crippen LogP contribution in [0.1, 0.15) is 69.8 Å². The number of rotatable bonds is 9. The van der Waals surface area contributed by atoms with Gasteiger partial charge in [-0.15, -0.1) is 0 Å². The lowest BCUT2D eigenvalue weighted by molar-refractivity contribution is -0.143. The third-order valence-corrected chi connectivity index (χ3v) is 4.71. The molecular weight excluding hydrogens is 272 g/mol. The standard InChI is InChI=1S/C20H30O2/c21-20(22-17-16-19-13-6-2-7-14-19)15-9-3-8-12-18-10-4-1-5-11-18/h2,6-7,13-14,18H,1,3-5,8-12,15-17H2. The molecule has 1 aliphatic rings. The van der Waals surface area contributed by atoms with E-state index in [0.29, 0.717) is 13.0 Å². The number of hydrogen-bond acceptors (Lipinski definition) is 2. The van der Waals surface area contributed by atoms with Crippen molar-refractivity contribution < 1.29 is 9.53 Å². The van der Waals surface area contributed by atoms with Crippen molar-refractivity contribution in [1.29, 1.82) is 0 Å².